The van der Waals surface area contributed by atoms with Gasteiger partial charge < -0.3 is 5.11 Å². The molecule has 0 aliphatic rings. The molecule has 1 aromatic heterocycles. The Bertz CT molecular complexity index is 651. The lowest BCUT2D eigenvalue weighted by atomic mass is 9.92. The summed E-state index contributed by atoms with van der Waals surface area (Å²) < 4.78 is 0.984. The average Bonchev–Trinajstić information content (AvgIpc) is 2.38. The Morgan fingerprint density at radius 1 is 1.20 bits per heavy atom. The van der Waals surface area contributed by atoms with Gasteiger partial charge in [0.1, 0.15) is 11.2 Å². The van der Waals surface area contributed by atoms with Gasteiger partial charge in [-0.25, -0.2) is 9.97 Å². The summed E-state index contributed by atoms with van der Waals surface area (Å²) in [6.45, 7) is 5.05. The maximum Gasteiger partial charge on any atom is 0.316 e. The van der Waals surface area contributed by atoms with Crippen molar-refractivity contribution in [1.29, 1.82) is 0 Å². The molecule has 0 unspecified atom stereocenters. The minimum Gasteiger partial charge on any atom is -0.481 e. The SMILES string of the molecule is Cc1cc(-c2ccc(Br)cc2)nc(C(C)(C)C(=O)O)n1. The van der Waals surface area contributed by atoms with Crippen molar-refractivity contribution in [2.24, 2.45) is 0 Å². The maximum absolute atomic E-state index is 11.3. The third-order valence-electron chi connectivity index (χ3n) is 3.09. The molecule has 0 saturated heterocycles. The molecule has 0 bridgehead atoms. The monoisotopic (exact) mass is 334 g/mol. The van der Waals surface area contributed by atoms with Crippen LogP contribution in [0.5, 0.6) is 0 Å². The molecule has 0 radical (unpaired) electrons. The number of benzene rings is 1. The highest BCUT2D eigenvalue weighted by Gasteiger charge is 2.33. The number of carbonyl (C=O) groups is 1. The van der Waals surface area contributed by atoms with E-state index in [1.165, 1.54) is 0 Å². The fourth-order valence-electron chi connectivity index (χ4n) is 1.71. The van der Waals surface area contributed by atoms with E-state index in [1.54, 1.807) is 13.8 Å². The molecule has 1 heterocycles. The van der Waals surface area contributed by atoms with E-state index in [2.05, 4.69) is 25.9 Å². The molecule has 0 fully saturated rings. The summed E-state index contributed by atoms with van der Waals surface area (Å²) in [4.78, 5) is 20.0. The molecule has 104 valence electrons. The summed E-state index contributed by atoms with van der Waals surface area (Å²) in [6, 6.07) is 9.57. The van der Waals surface area contributed by atoms with Crippen molar-refractivity contribution in [3.05, 3.63) is 46.3 Å². The molecule has 5 heteroatoms. The van der Waals surface area contributed by atoms with E-state index >= 15 is 0 Å². The molecular weight excluding hydrogens is 320 g/mol. The number of aliphatic carboxylic acids is 1. The molecule has 1 N–H and O–H groups in total. The Hall–Kier alpha value is -1.75. The van der Waals surface area contributed by atoms with Crippen LogP contribution in [-0.4, -0.2) is 21.0 Å². The lowest BCUT2D eigenvalue weighted by Gasteiger charge is -2.18. The Morgan fingerprint density at radius 2 is 1.80 bits per heavy atom. The number of hydrogen-bond acceptors (Lipinski definition) is 3. The summed E-state index contributed by atoms with van der Waals surface area (Å²) in [5, 5.41) is 9.30. The third-order valence-corrected chi connectivity index (χ3v) is 3.62. The maximum atomic E-state index is 11.3. The number of nitrogens with zero attached hydrogens (tertiary/aromatic N) is 2. The molecule has 0 amide bonds. The molecule has 0 saturated carbocycles. The first kappa shape index (κ1) is 14.7. The van der Waals surface area contributed by atoms with Crippen molar-refractivity contribution < 1.29 is 9.90 Å². The first-order valence-corrected chi connectivity index (χ1v) is 6.95. The topological polar surface area (TPSA) is 63.1 Å². The van der Waals surface area contributed by atoms with Gasteiger partial charge in [-0.05, 0) is 39.0 Å². The number of hydrogen-bond donors (Lipinski definition) is 1. The normalized spacial score (nSPS) is 11.4. The smallest absolute Gasteiger partial charge is 0.316 e. The largest absolute Gasteiger partial charge is 0.481 e. The van der Waals surface area contributed by atoms with Gasteiger partial charge in [0, 0.05) is 15.7 Å². The quantitative estimate of drug-likeness (QED) is 0.931. The van der Waals surface area contributed by atoms with Crippen LogP contribution in [-0.2, 0) is 10.2 Å². The van der Waals surface area contributed by atoms with Gasteiger partial charge >= 0.3 is 5.97 Å². The Balaban J connectivity index is 2.54. The molecular formula is C15H15BrN2O2. The minimum atomic E-state index is -1.11. The second-order valence-electron chi connectivity index (χ2n) is 5.16. The van der Waals surface area contributed by atoms with E-state index in [4.69, 9.17) is 0 Å². The molecule has 2 aromatic rings. The second kappa shape index (κ2) is 5.32. The van der Waals surface area contributed by atoms with Gasteiger partial charge in [0.2, 0.25) is 0 Å². The van der Waals surface area contributed by atoms with Crippen molar-refractivity contribution in [1.82, 2.24) is 9.97 Å². The number of carboxylic acid groups (broad SMARTS) is 1. The van der Waals surface area contributed by atoms with Gasteiger partial charge in [-0.15, -0.1) is 0 Å². The van der Waals surface area contributed by atoms with Crippen molar-refractivity contribution >= 4 is 21.9 Å². The zero-order chi connectivity index (χ0) is 14.9. The lowest BCUT2D eigenvalue weighted by molar-refractivity contribution is -0.142. The Kier molecular flexibility index (Phi) is 3.90. The molecule has 20 heavy (non-hydrogen) atoms. The molecule has 0 atom stereocenters. The molecule has 0 aliphatic heterocycles. The lowest BCUT2D eigenvalue weighted by Crippen LogP contribution is -2.31. The Morgan fingerprint density at radius 3 is 2.35 bits per heavy atom. The van der Waals surface area contributed by atoms with Gasteiger partial charge in [0.25, 0.3) is 0 Å². The van der Waals surface area contributed by atoms with Gasteiger partial charge in [-0.2, -0.15) is 0 Å². The molecule has 2 rings (SSSR count). The first-order chi connectivity index (χ1) is 9.30. The number of rotatable bonds is 3. The fourth-order valence-corrected chi connectivity index (χ4v) is 1.98. The number of carboxylic acids is 1. The van der Waals surface area contributed by atoms with Crippen LogP contribution in [0.25, 0.3) is 11.3 Å². The van der Waals surface area contributed by atoms with E-state index in [0.29, 0.717) is 5.82 Å². The summed E-state index contributed by atoms with van der Waals surface area (Å²) in [5.74, 6) is -0.618. The zero-order valence-electron chi connectivity index (χ0n) is 11.5. The van der Waals surface area contributed by atoms with Crippen LogP contribution in [0.15, 0.2) is 34.8 Å². The Labute approximate surface area is 126 Å². The van der Waals surface area contributed by atoms with E-state index in [0.717, 1.165) is 21.4 Å². The van der Waals surface area contributed by atoms with Gasteiger partial charge in [0.15, 0.2) is 0 Å². The van der Waals surface area contributed by atoms with E-state index in [-0.39, 0.29) is 0 Å². The molecule has 1 aromatic carbocycles. The van der Waals surface area contributed by atoms with Crippen LogP contribution in [0, 0.1) is 6.92 Å². The number of halogens is 1. The van der Waals surface area contributed by atoms with Crippen LogP contribution in [0.2, 0.25) is 0 Å². The second-order valence-corrected chi connectivity index (χ2v) is 6.07. The van der Waals surface area contributed by atoms with Crippen LogP contribution in [0.1, 0.15) is 25.4 Å². The average molecular weight is 335 g/mol. The minimum absolute atomic E-state index is 0.322. The fraction of sp³-hybridized carbons (Fsp3) is 0.267. The summed E-state index contributed by atoms with van der Waals surface area (Å²) in [7, 11) is 0. The zero-order valence-corrected chi connectivity index (χ0v) is 13.1. The van der Waals surface area contributed by atoms with Crippen LogP contribution < -0.4 is 0 Å². The van der Waals surface area contributed by atoms with Crippen molar-refractivity contribution in [3.8, 4) is 11.3 Å². The van der Waals surface area contributed by atoms with Crippen LogP contribution in [0.3, 0.4) is 0 Å². The number of aromatic nitrogens is 2. The van der Waals surface area contributed by atoms with Gasteiger partial charge in [0.05, 0.1) is 5.69 Å². The van der Waals surface area contributed by atoms with Crippen molar-refractivity contribution in [3.63, 3.8) is 0 Å². The summed E-state index contributed by atoms with van der Waals surface area (Å²) >= 11 is 3.39. The van der Waals surface area contributed by atoms with E-state index < -0.39 is 11.4 Å². The molecule has 0 aliphatic carbocycles. The summed E-state index contributed by atoms with van der Waals surface area (Å²) in [6.07, 6.45) is 0. The predicted molar refractivity (Wildman–Crippen MR) is 80.6 cm³/mol. The van der Waals surface area contributed by atoms with Crippen LogP contribution >= 0.6 is 15.9 Å². The van der Waals surface area contributed by atoms with E-state index in [9.17, 15) is 9.90 Å². The first-order valence-electron chi connectivity index (χ1n) is 6.16. The highest BCUT2D eigenvalue weighted by molar-refractivity contribution is 9.10. The highest BCUT2D eigenvalue weighted by atomic mass is 79.9. The molecule has 4 nitrogen and oxygen atoms in total. The third kappa shape index (κ3) is 2.88. The summed E-state index contributed by atoms with van der Waals surface area (Å²) in [5.41, 5.74) is 1.30. The van der Waals surface area contributed by atoms with Crippen molar-refractivity contribution in [2.45, 2.75) is 26.2 Å². The van der Waals surface area contributed by atoms with Gasteiger partial charge in [-0.3, -0.25) is 4.79 Å². The van der Waals surface area contributed by atoms with Crippen molar-refractivity contribution in [2.75, 3.05) is 0 Å². The predicted octanol–water partition coefficient (Wildman–Crippen LogP) is 3.58. The number of aryl methyl sites for hydroxylation is 1. The highest BCUT2D eigenvalue weighted by Crippen LogP contribution is 2.25. The standard InChI is InChI=1S/C15H15BrN2O2/c1-9-8-12(10-4-6-11(16)7-5-10)18-13(17-9)15(2,3)14(19)20/h4-8H,1-3H3,(H,19,20). The van der Waals surface area contributed by atoms with Gasteiger partial charge in [-0.1, -0.05) is 28.1 Å². The molecule has 0 spiro atoms. The van der Waals surface area contributed by atoms with E-state index in [1.807, 2.05) is 37.3 Å². The van der Waals surface area contributed by atoms with Crippen LogP contribution in [0.4, 0.5) is 0 Å².